The summed E-state index contributed by atoms with van der Waals surface area (Å²) in [6.07, 6.45) is -5.63. The molecule has 0 radical (unpaired) electrons. The van der Waals surface area contributed by atoms with E-state index in [2.05, 4.69) is 0 Å². The third kappa shape index (κ3) is 4.62. The zero-order valence-corrected chi connectivity index (χ0v) is 11.3. The fraction of sp³-hybridized carbons (Fsp3) is 0.273. The van der Waals surface area contributed by atoms with Crippen LogP contribution < -0.4 is 0 Å². The van der Waals surface area contributed by atoms with E-state index in [1.165, 1.54) is 0 Å². The molecule has 0 fully saturated rings. The minimum absolute atomic E-state index is 0.280. The third-order valence-electron chi connectivity index (χ3n) is 2.39. The van der Waals surface area contributed by atoms with Crippen LogP contribution in [-0.4, -0.2) is 32.3 Å². The standard InChI is InChI=1S/C11H8F3NO6S/c12-11(13,14)5-1-2-7(6(3-5)15(20)21)22-8(10(18)19)4-9(16)17/h1-3,8H,4H2,(H,16,17)(H,18,19). The van der Waals surface area contributed by atoms with E-state index >= 15 is 0 Å². The third-order valence-corrected chi connectivity index (χ3v) is 3.64. The van der Waals surface area contributed by atoms with Crippen molar-refractivity contribution in [2.75, 3.05) is 0 Å². The van der Waals surface area contributed by atoms with Crippen LogP contribution in [0.4, 0.5) is 18.9 Å². The van der Waals surface area contributed by atoms with E-state index in [1.807, 2.05) is 0 Å². The van der Waals surface area contributed by atoms with Crippen molar-refractivity contribution in [3.05, 3.63) is 33.9 Å². The molecule has 1 unspecified atom stereocenters. The monoisotopic (exact) mass is 339 g/mol. The Labute approximate surface area is 124 Å². The molecule has 0 saturated heterocycles. The first-order chi connectivity index (χ1) is 10.0. The Morgan fingerprint density at radius 1 is 1.32 bits per heavy atom. The summed E-state index contributed by atoms with van der Waals surface area (Å²) in [7, 11) is 0. The summed E-state index contributed by atoms with van der Waals surface area (Å²) < 4.78 is 37.6. The molecule has 0 bridgehead atoms. The van der Waals surface area contributed by atoms with Gasteiger partial charge in [-0.25, -0.2) is 0 Å². The Balaban J connectivity index is 3.20. The molecule has 1 aromatic carbocycles. The Morgan fingerprint density at radius 2 is 1.91 bits per heavy atom. The number of hydrogen-bond donors (Lipinski definition) is 2. The summed E-state index contributed by atoms with van der Waals surface area (Å²) in [5, 5.41) is 26.7. The second-order valence-corrected chi connectivity index (χ2v) is 5.22. The lowest BCUT2D eigenvalue weighted by Crippen LogP contribution is -2.20. The second-order valence-electron chi connectivity index (χ2n) is 3.98. The number of alkyl halides is 3. The molecule has 0 aromatic heterocycles. The van der Waals surface area contributed by atoms with Gasteiger partial charge >= 0.3 is 18.1 Å². The Kier molecular flexibility index (Phi) is 5.36. The van der Waals surface area contributed by atoms with E-state index in [4.69, 9.17) is 10.2 Å². The quantitative estimate of drug-likeness (QED) is 0.464. The fourth-order valence-electron chi connectivity index (χ4n) is 1.43. The molecule has 2 N–H and O–H groups in total. The van der Waals surface area contributed by atoms with Crippen LogP contribution in [0, 0.1) is 10.1 Å². The van der Waals surface area contributed by atoms with Crippen molar-refractivity contribution >= 4 is 29.4 Å². The van der Waals surface area contributed by atoms with Crippen LogP contribution in [0.1, 0.15) is 12.0 Å². The van der Waals surface area contributed by atoms with Crippen molar-refractivity contribution in [2.24, 2.45) is 0 Å². The average molecular weight is 339 g/mol. The second kappa shape index (κ2) is 6.64. The van der Waals surface area contributed by atoms with Crippen LogP contribution in [0.2, 0.25) is 0 Å². The predicted molar refractivity (Wildman–Crippen MR) is 67.6 cm³/mol. The zero-order valence-electron chi connectivity index (χ0n) is 10.5. The van der Waals surface area contributed by atoms with Crippen LogP contribution in [0.25, 0.3) is 0 Å². The summed E-state index contributed by atoms with van der Waals surface area (Å²) in [4.78, 5) is 30.9. The molecule has 1 aromatic rings. The molecule has 0 aliphatic heterocycles. The molecular formula is C11H8F3NO6S. The summed E-state index contributed by atoms with van der Waals surface area (Å²) >= 11 is 0.310. The van der Waals surface area contributed by atoms with Crippen molar-refractivity contribution < 1.29 is 37.9 Å². The highest BCUT2D eigenvalue weighted by atomic mass is 32.2. The summed E-state index contributed by atoms with van der Waals surface area (Å²) in [6.45, 7) is 0. The Bertz CT molecular complexity index is 618. The van der Waals surface area contributed by atoms with Gasteiger partial charge in [-0.3, -0.25) is 19.7 Å². The van der Waals surface area contributed by atoms with Crippen molar-refractivity contribution in [3.63, 3.8) is 0 Å². The van der Waals surface area contributed by atoms with E-state index in [0.717, 1.165) is 6.07 Å². The van der Waals surface area contributed by atoms with Gasteiger partial charge in [-0.1, -0.05) is 0 Å². The molecule has 120 valence electrons. The number of aliphatic carboxylic acids is 2. The maximum absolute atomic E-state index is 12.5. The van der Waals surface area contributed by atoms with E-state index in [1.54, 1.807) is 0 Å². The van der Waals surface area contributed by atoms with Gasteiger partial charge in [0.1, 0.15) is 5.25 Å². The van der Waals surface area contributed by atoms with Crippen molar-refractivity contribution in [1.29, 1.82) is 0 Å². The SMILES string of the molecule is O=C(O)CC(Sc1ccc(C(F)(F)F)cc1[N+](=O)[O-])C(=O)O. The Morgan fingerprint density at radius 3 is 2.32 bits per heavy atom. The zero-order chi connectivity index (χ0) is 17.1. The molecule has 0 aliphatic carbocycles. The predicted octanol–water partition coefficient (Wildman–Crippen LogP) is 2.63. The van der Waals surface area contributed by atoms with Crippen molar-refractivity contribution in [1.82, 2.24) is 0 Å². The van der Waals surface area contributed by atoms with Gasteiger partial charge in [-0.05, 0) is 12.1 Å². The van der Waals surface area contributed by atoms with Gasteiger partial charge < -0.3 is 10.2 Å². The summed E-state index contributed by atoms with van der Waals surface area (Å²) in [5.41, 5.74) is -2.19. The molecular weight excluding hydrogens is 331 g/mol. The number of nitro benzene ring substituents is 1. The van der Waals surface area contributed by atoms with E-state index in [9.17, 15) is 32.9 Å². The molecule has 0 amide bonds. The topological polar surface area (TPSA) is 118 Å². The maximum Gasteiger partial charge on any atom is 0.416 e. The van der Waals surface area contributed by atoms with E-state index in [0.29, 0.717) is 17.8 Å². The summed E-state index contributed by atoms with van der Waals surface area (Å²) in [5.74, 6) is -2.99. The van der Waals surface area contributed by atoms with Gasteiger partial charge in [0, 0.05) is 6.07 Å². The number of rotatable bonds is 6. The van der Waals surface area contributed by atoms with Crippen molar-refractivity contribution in [3.8, 4) is 0 Å². The first kappa shape index (κ1) is 17.8. The first-order valence-corrected chi connectivity index (χ1v) is 6.37. The molecule has 22 heavy (non-hydrogen) atoms. The average Bonchev–Trinajstić information content (AvgIpc) is 2.36. The molecule has 0 spiro atoms. The highest BCUT2D eigenvalue weighted by molar-refractivity contribution is 8.00. The molecule has 1 rings (SSSR count). The molecule has 1 atom stereocenters. The number of nitro groups is 1. The van der Waals surface area contributed by atoms with Crippen LogP contribution in [0.5, 0.6) is 0 Å². The lowest BCUT2D eigenvalue weighted by atomic mass is 10.2. The molecule has 11 heteroatoms. The smallest absolute Gasteiger partial charge is 0.416 e. The lowest BCUT2D eigenvalue weighted by Gasteiger charge is -2.11. The van der Waals surface area contributed by atoms with Gasteiger partial charge in [-0.15, -0.1) is 11.8 Å². The van der Waals surface area contributed by atoms with Crippen LogP contribution in [0.15, 0.2) is 23.1 Å². The molecule has 0 saturated carbocycles. The number of carboxylic acid groups (broad SMARTS) is 2. The van der Waals surface area contributed by atoms with Gasteiger partial charge in [-0.2, -0.15) is 13.2 Å². The number of benzene rings is 1. The number of carbonyl (C=O) groups is 2. The lowest BCUT2D eigenvalue weighted by molar-refractivity contribution is -0.388. The summed E-state index contributed by atoms with van der Waals surface area (Å²) in [6, 6.07) is 1.60. The Hall–Kier alpha value is -2.30. The highest BCUT2D eigenvalue weighted by Crippen LogP contribution is 2.38. The van der Waals surface area contributed by atoms with Crippen molar-refractivity contribution in [2.45, 2.75) is 22.7 Å². The van der Waals surface area contributed by atoms with Gasteiger partial charge in [0.25, 0.3) is 5.69 Å². The number of carboxylic acids is 2. The number of thioether (sulfide) groups is 1. The first-order valence-electron chi connectivity index (χ1n) is 5.49. The van der Waals surface area contributed by atoms with Crippen LogP contribution >= 0.6 is 11.8 Å². The van der Waals surface area contributed by atoms with Gasteiger partial charge in [0.15, 0.2) is 0 Å². The normalized spacial score (nSPS) is 12.7. The minimum Gasteiger partial charge on any atom is -0.481 e. The van der Waals surface area contributed by atoms with Gasteiger partial charge in [0.05, 0.1) is 21.8 Å². The van der Waals surface area contributed by atoms with E-state index in [-0.39, 0.29) is 11.0 Å². The minimum atomic E-state index is -4.79. The molecule has 7 nitrogen and oxygen atoms in total. The fourth-order valence-corrected chi connectivity index (χ4v) is 2.46. The maximum atomic E-state index is 12.5. The number of nitrogens with zero attached hydrogens (tertiary/aromatic N) is 1. The molecule has 0 heterocycles. The van der Waals surface area contributed by atoms with Crippen LogP contribution in [-0.2, 0) is 15.8 Å². The molecule has 0 aliphatic rings. The largest absolute Gasteiger partial charge is 0.481 e. The highest BCUT2D eigenvalue weighted by Gasteiger charge is 2.34. The number of hydrogen-bond acceptors (Lipinski definition) is 5. The van der Waals surface area contributed by atoms with Gasteiger partial charge in [0.2, 0.25) is 0 Å². The number of halogens is 3. The van der Waals surface area contributed by atoms with Crippen LogP contribution in [0.3, 0.4) is 0 Å². The van der Waals surface area contributed by atoms with E-state index < -0.39 is 46.0 Å².